The molecule has 68 heavy (non-hydrogen) atoms. The van der Waals surface area contributed by atoms with Gasteiger partial charge in [0.05, 0.1) is 40.0 Å². The van der Waals surface area contributed by atoms with Gasteiger partial charge in [-0.25, -0.2) is 9.37 Å². The van der Waals surface area contributed by atoms with Gasteiger partial charge in [0.15, 0.2) is 29.0 Å². The molecule has 1 unspecified atom stereocenters. The lowest BCUT2D eigenvalue weighted by Gasteiger charge is -2.37. The van der Waals surface area contributed by atoms with Crippen LogP contribution in [0.4, 0.5) is 21.7 Å². The number of piperidine rings is 2. The Balaban J connectivity index is 0.849. The van der Waals surface area contributed by atoms with Crippen molar-refractivity contribution in [1.29, 1.82) is 0 Å². The maximum atomic E-state index is 14.4. The van der Waals surface area contributed by atoms with Gasteiger partial charge in [0.25, 0.3) is 0 Å². The van der Waals surface area contributed by atoms with Crippen molar-refractivity contribution >= 4 is 52.2 Å². The zero-order valence-electron chi connectivity index (χ0n) is 39.7. The largest absolute Gasteiger partial charge is 0.504 e. The Hall–Kier alpha value is -5.98. The maximum Gasteiger partial charge on any atom is 0.243 e. The number of nitrogen functional groups attached to an aromatic ring is 1. The summed E-state index contributed by atoms with van der Waals surface area (Å²) in [6.07, 6.45) is 5.60. The molecule has 2 amide bonds. The van der Waals surface area contributed by atoms with E-state index in [1.165, 1.54) is 17.0 Å². The molecule has 8 N–H and O–H groups in total. The number of rotatable bonds is 16. The molecule has 364 valence electrons. The van der Waals surface area contributed by atoms with Crippen LogP contribution in [0.2, 0.25) is 0 Å². The summed E-state index contributed by atoms with van der Waals surface area (Å²) in [5.74, 6) is -0.405. The maximum absolute atomic E-state index is 14.4. The van der Waals surface area contributed by atoms with Crippen molar-refractivity contribution in [3.8, 4) is 16.2 Å². The number of β-amino-alcohol motifs (C(OH)–C–C–N with tert-alkyl or cyclic N) is 1. The van der Waals surface area contributed by atoms with Gasteiger partial charge in [-0.15, -0.1) is 11.3 Å². The van der Waals surface area contributed by atoms with Crippen molar-refractivity contribution in [2.75, 3.05) is 61.8 Å². The lowest BCUT2D eigenvalue weighted by Crippen LogP contribution is -2.48. The SMILES string of the molecule is CCCNc1nn(C2CCN(CC3CCN(c4cc(C(C(=O)N5C[C@H](O)C[C@H]5C(=O)N[C@@H](C)c5ccc(-c6scnc6C)cc5)C(C)C)on4)CC3)CC2)c(/C=C(\N)c2cccc(F)c2O)c1N. The number of hydrogen-bond donors (Lipinski definition) is 6. The normalized spacial score (nSPS) is 19.7. The number of amides is 2. The number of aliphatic hydroxyl groups excluding tert-OH is 1. The summed E-state index contributed by atoms with van der Waals surface area (Å²) in [6.45, 7) is 15.0. The fraction of sp³-hybridized carbons (Fsp3) is 0.500. The smallest absolute Gasteiger partial charge is 0.243 e. The van der Waals surface area contributed by atoms with Crippen LogP contribution in [0, 0.1) is 24.6 Å². The first kappa shape index (κ1) is 48.5. The summed E-state index contributed by atoms with van der Waals surface area (Å²) in [5, 5.41) is 36.9. The van der Waals surface area contributed by atoms with Gasteiger partial charge in [0, 0.05) is 69.6 Å². The number of aliphatic hydroxyl groups is 1. The molecule has 8 rings (SSSR count). The number of hydrogen-bond acceptors (Lipinski definition) is 14. The van der Waals surface area contributed by atoms with E-state index >= 15 is 0 Å². The quantitative estimate of drug-likeness (QED) is 0.0581. The number of aryl methyl sites for hydroxylation is 1. The van der Waals surface area contributed by atoms with Crippen molar-refractivity contribution in [2.24, 2.45) is 17.6 Å². The fourth-order valence-corrected chi connectivity index (χ4v) is 10.8. The van der Waals surface area contributed by atoms with Crippen LogP contribution in [0.1, 0.15) is 112 Å². The molecule has 3 aliphatic heterocycles. The molecule has 18 heteroatoms. The van der Waals surface area contributed by atoms with Gasteiger partial charge in [-0.1, -0.05) is 56.3 Å². The Bertz CT molecular complexity index is 2560. The van der Waals surface area contributed by atoms with E-state index in [2.05, 4.69) is 37.5 Å². The molecule has 0 bridgehead atoms. The van der Waals surface area contributed by atoms with E-state index in [1.54, 1.807) is 23.5 Å². The number of para-hydroxylation sites is 1. The number of aromatic hydroxyl groups is 1. The molecule has 3 saturated heterocycles. The monoisotopic (exact) mass is 951 g/mol. The second-order valence-corrected chi connectivity index (χ2v) is 19.9. The Morgan fingerprint density at radius 2 is 1.79 bits per heavy atom. The van der Waals surface area contributed by atoms with E-state index in [0.29, 0.717) is 41.2 Å². The molecule has 0 spiro atoms. The number of nitrogens with zero attached hydrogens (tertiary/aromatic N) is 7. The first-order chi connectivity index (χ1) is 32.7. The van der Waals surface area contributed by atoms with Crippen LogP contribution in [0.15, 0.2) is 58.6 Å². The second-order valence-electron chi connectivity index (χ2n) is 19.0. The third-order valence-corrected chi connectivity index (χ3v) is 14.9. The number of halogens is 1. The predicted molar refractivity (Wildman–Crippen MR) is 264 cm³/mol. The number of nitrogens with two attached hydrogens (primary N) is 2. The van der Waals surface area contributed by atoms with E-state index in [9.17, 15) is 24.2 Å². The van der Waals surface area contributed by atoms with Crippen molar-refractivity contribution < 1.29 is 28.7 Å². The molecular weight excluding hydrogens is 886 g/mol. The average Bonchev–Trinajstić information content (AvgIpc) is 4.14. The third kappa shape index (κ3) is 10.5. The number of carbonyl (C=O) groups is 2. The first-order valence-corrected chi connectivity index (χ1v) is 24.9. The van der Waals surface area contributed by atoms with Crippen molar-refractivity contribution in [3.05, 3.63) is 88.1 Å². The molecule has 3 aromatic heterocycles. The number of nitrogens with one attached hydrogen (secondary N) is 2. The highest BCUT2D eigenvalue weighted by Crippen LogP contribution is 2.37. The Labute approximate surface area is 401 Å². The number of benzene rings is 2. The molecule has 5 aromatic rings. The van der Waals surface area contributed by atoms with Crippen LogP contribution in [-0.2, 0) is 9.59 Å². The molecule has 16 nitrogen and oxygen atoms in total. The topological polar surface area (TPSA) is 217 Å². The van der Waals surface area contributed by atoms with Gasteiger partial charge in [-0.3, -0.25) is 14.3 Å². The minimum atomic E-state index is -0.819. The third-order valence-electron chi connectivity index (χ3n) is 13.9. The zero-order valence-corrected chi connectivity index (χ0v) is 40.5. The number of aromatic nitrogens is 4. The highest BCUT2D eigenvalue weighted by molar-refractivity contribution is 7.13. The lowest BCUT2D eigenvalue weighted by molar-refractivity contribution is -0.141. The summed E-state index contributed by atoms with van der Waals surface area (Å²) in [6, 6.07) is 13.1. The van der Waals surface area contributed by atoms with E-state index < -0.39 is 29.6 Å². The van der Waals surface area contributed by atoms with Gasteiger partial charge < -0.3 is 51.5 Å². The average molecular weight is 952 g/mol. The molecule has 2 aromatic carbocycles. The van der Waals surface area contributed by atoms with Crippen LogP contribution in [0.25, 0.3) is 22.2 Å². The van der Waals surface area contributed by atoms with Crippen molar-refractivity contribution in [1.82, 2.24) is 35.0 Å². The van der Waals surface area contributed by atoms with Gasteiger partial charge in [0.2, 0.25) is 11.8 Å². The van der Waals surface area contributed by atoms with E-state index in [0.717, 1.165) is 86.5 Å². The molecule has 3 fully saturated rings. The molecule has 0 radical (unpaired) electrons. The van der Waals surface area contributed by atoms with Crippen LogP contribution in [0.3, 0.4) is 0 Å². The van der Waals surface area contributed by atoms with Gasteiger partial charge in [-0.05, 0) is 87.1 Å². The summed E-state index contributed by atoms with van der Waals surface area (Å²) >= 11 is 1.59. The number of anilines is 3. The summed E-state index contributed by atoms with van der Waals surface area (Å²) in [4.78, 5) is 39.9. The summed E-state index contributed by atoms with van der Waals surface area (Å²) in [5.41, 5.74) is 19.4. The molecular formula is C50H66FN11O5S. The summed E-state index contributed by atoms with van der Waals surface area (Å²) < 4.78 is 22.1. The Kier molecular flexibility index (Phi) is 15.1. The van der Waals surface area contributed by atoms with E-state index in [-0.39, 0.29) is 54.0 Å². The van der Waals surface area contributed by atoms with Gasteiger partial charge in [-0.2, -0.15) is 5.10 Å². The van der Waals surface area contributed by atoms with Gasteiger partial charge in [0.1, 0.15) is 17.6 Å². The van der Waals surface area contributed by atoms with Crippen LogP contribution < -0.4 is 27.0 Å². The van der Waals surface area contributed by atoms with E-state index in [1.807, 2.05) is 68.2 Å². The summed E-state index contributed by atoms with van der Waals surface area (Å²) in [7, 11) is 0. The van der Waals surface area contributed by atoms with Crippen LogP contribution in [-0.4, -0.2) is 110 Å². The number of phenolic OH excluding ortho intramolecular Hbond substituents is 1. The minimum Gasteiger partial charge on any atom is -0.504 e. The lowest BCUT2D eigenvalue weighted by atomic mass is 9.91. The van der Waals surface area contributed by atoms with Gasteiger partial charge >= 0.3 is 0 Å². The zero-order chi connectivity index (χ0) is 48.2. The number of phenols is 1. The number of thiazole rings is 1. The Morgan fingerprint density at radius 1 is 1.06 bits per heavy atom. The van der Waals surface area contributed by atoms with E-state index in [4.69, 9.17) is 21.1 Å². The fourth-order valence-electron chi connectivity index (χ4n) is 9.98. The second kappa shape index (κ2) is 21.1. The van der Waals surface area contributed by atoms with Crippen LogP contribution >= 0.6 is 11.3 Å². The number of likely N-dealkylation sites (tertiary alicyclic amines) is 2. The molecule has 4 atom stereocenters. The first-order valence-electron chi connectivity index (χ1n) is 24.0. The standard InChI is InChI=1S/C50H66FN11O5S/c1-6-18-54-48-45(53)40(24-39(52)37-8-7-9-38(51)46(37)64)62(57-48)35-16-19-59(20-17-35)26-32-14-21-60(22-15-32)43-25-42(67-58-43)44(29(2)3)50(66)61-27-36(63)23-41(61)49(65)56-30(4)33-10-12-34(13-11-33)47-31(5)55-28-68-47/h7-13,24-25,28-30,32,35-36,41,44,63-64H,6,14-23,26-27,52-53H2,1-5H3,(H,54,57)(H,56,65)/b39-24-/t30-,36+,41-,44?/m0/s1. The minimum absolute atomic E-state index is 0.0660. The van der Waals surface area contributed by atoms with Crippen LogP contribution in [0.5, 0.6) is 5.75 Å². The highest BCUT2D eigenvalue weighted by atomic mass is 32.1. The van der Waals surface area contributed by atoms with Crippen molar-refractivity contribution in [2.45, 2.75) is 103 Å². The molecule has 0 aliphatic carbocycles. The molecule has 0 saturated carbocycles. The highest BCUT2D eigenvalue weighted by Gasteiger charge is 2.44. The van der Waals surface area contributed by atoms with Crippen molar-refractivity contribution in [3.63, 3.8) is 0 Å². The Morgan fingerprint density at radius 3 is 2.47 bits per heavy atom. The number of carbonyl (C=O) groups excluding carboxylic acids is 2. The molecule has 3 aliphatic rings. The molecule has 6 heterocycles. The predicted octanol–water partition coefficient (Wildman–Crippen LogP) is 7.14.